The average Bonchev–Trinajstić information content (AvgIpc) is 3.24. The van der Waals surface area contributed by atoms with Crippen molar-refractivity contribution in [1.82, 2.24) is 19.9 Å². The Morgan fingerprint density at radius 1 is 1.11 bits per heavy atom. The van der Waals surface area contributed by atoms with E-state index in [-0.39, 0.29) is 12.6 Å². The normalized spacial score (nSPS) is 17.8. The highest BCUT2D eigenvalue weighted by atomic mass is 32.1. The topological polar surface area (TPSA) is 107 Å². The molecular formula is C24H37N7O3S. The van der Waals surface area contributed by atoms with E-state index in [1.54, 1.807) is 13.8 Å². The molecule has 2 aliphatic rings. The Balaban J connectivity index is 1.58. The van der Waals surface area contributed by atoms with Crippen molar-refractivity contribution >= 4 is 40.0 Å². The molecule has 2 fully saturated rings. The fourth-order valence-corrected chi connectivity index (χ4v) is 5.40. The summed E-state index contributed by atoms with van der Waals surface area (Å²) in [7, 11) is 0. The molecule has 4 heterocycles. The number of nitrogens with one attached hydrogen (secondary N) is 1. The van der Waals surface area contributed by atoms with Gasteiger partial charge in [-0.05, 0) is 46.5 Å². The molecule has 2 aromatic rings. The lowest BCUT2D eigenvalue weighted by atomic mass is 9.98. The Hall–Kier alpha value is -2.50. The van der Waals surface area contributed by atoms with Gasteiger partial charge in [0.05, 0.1) is 12.3 Å². The van der Waals surface area contributed by atoms with Gasteiger partial charge < -0.3 is 19.6 Å². The zero-order valence-corrected chi connectivity index (χ0v) is 22.0. The van der Waals surface area contributed by atoms with E-state index in [0.717, 1.165) is 63.7 Å². The highest BCUT2D eigenvalue weighted by Gasteiger charge is 2.25. The molecule has 0 aliphatic carbocycles. The predicted octanol–water partition coefficient (Wildman–Crippen LogP) is 2.90. The molecule has 35 heavy (non-hydrogen) atoms. The minimum Gasteiger partial charge on any atom is -0.462 e. The van der Waals surface area contributed by atoms with Crippen LogP contribution in [0, 0.1) is 12.8 Å². The number of hydrogen-bond acceptors (Lipinski definition) is 11. The zero-order valence-electron chi connectivity index (χ0n) is 21.2. The van der Waals surface area contributed by atoms with Crippen molar-refractivity contribution < 1.29 is 14.6 Å². The number of anilines is 4. The number of hydrogen-bond donors (Lipinski definition) is 2. The summed E-state index contributed by atoms with van der Waals surface area (Å²) in [5, 5.41) is 13.3. The van der Waals surface area contributed by atoms with Crippen LogP contribution in [0.15, 0.2) is 6.07 Å². The van der Waals surface area contributed by atoms with Crippen molar-refractivity contribution in [3.05, 3.63) is 16.6 Å². The molecular weight excluding hydrogens is 466 g/mol. The van der Waals surface area contributed by atoms with E-state index in [4.69, 9.17) is 14.7 Å². The summed E-state index contributed by atoms with van der Waals surface area (Å²) < 4.78 is 5.15. The quantitative estimate of drug-likeness (QED) is 0.522. The van der Waals surface area contributed by atoms with Gasteiger partial charge in [0.25, 0.3) is 0 Å². The second kappa shape index (κ2) is 11.5. The van der Waals surface area contributed by atoms with Gasteiger partial charge >= 0.3 is 5.97 Å². The number of aryl methyl sites for hydroxylation is 1. The summed E-state index contributed by atoms with van der Waals surface area (Å²) >= 11 is 1.25. The summed E-state index contributed by atoms with van der Waals surface area (Å²) in [5.41, 5.74) is 0.628. The maximum Gasteiger partial charge on any atom is 0.350 e. The van der Waals surface area contributed by atoms with E-state index in [9.17, 15) is 9.90 Å². The second-order valence-corrected chi connectivity index (χ2v) is 10.4. The SMILES string of the molecule is CCOC(=O)c1sc(Nc2nc(N3CCC(CO)CC3)cc(N3CCN(C(C)C)CC3)n2)nc1C. The van der Waals surface area contributed by atoms with Crippen LogP contribution >= 0.6 is 11.3 Å². The standard InChI is InChI=1S/C24H37N7O3S/c1-5-34-22(33)21-17(4)25-24(35-21)28-23-26-19(30-8-6-18(15-32)7-9-30)14-20(27-23)31-12-10-29(11-13-31)16(2)3/h14,16,18,32H,5-13,15H2,1-4H3,(H,25,26,27,28). The summed E-state index contributed by atoms with van der Waals surface area (Å²) in [6, 6.07) is 2.61. The van der Waals surface area contributed by atoms with E-state index in [1.165, 1.54) is 11.3 Å². The number of ether oxygens (including phenoxy) is 1. The third-order valence-electron chi connectivity index (χ3n) is 6.74. The van der Waals surface area contributed by atoms with Crippen molar-refractivity contribution in [2.75, 3.05) is 67.6 Å². The van der Waals surface area contributed by atoms with Gasteiger partial charge in [0.2, 0.25) is 5.95 Å². The lowest BCUT2D eigenvalue weighted by molar-refractivity contribution is 0.0531. The summed E-state index contributed by atoms with van der Waals surface area (Å²) in [6.45, 7) is 14.1. The number of esters is 1. The van der Waals surface area contributed by atoms with Crippen molar-refractivity contribution in [2.24, 2.45) is 5.92 Å². The molecule has 0 spiro atoms. The van der Waals surface area contributed by atoms with E-state index in [0.29, 0.717) is 40.2 Å². The fourth-order valence-electron chi connectivity index (χ4n) is 4.55. The number of rotatable bonds is 8. The predicted molar refractivity (Wildman–Crippen MR) is 139 cm³/mol. The Bertz CT molecular complexity index is 999. The molecule has 0 unspecified atom stereocenters. The lowest BCUT2D eigenvalue weighted by Gasteiger charge is -2.38. The first-order chi connectivity index (χ1) is 16.9. The molecule has 0 atom stereocenters. The third-order valence-corrected chi connectivity index (χ3v) is 7.79. The Kier molecular flexibility index (Phi) is 8.40. The van der Waals surface area contributed by atoms with Crippen LogP contribution in [-0.4, -0.2) is 89.5 Å². The first-order valence-corrected chi connectivity index (χ1v) is 13.3. The largest absolute Gasteiger partial charge is 0.462 e. The molecule has 0 radical (unpaired) electrons. The number of aliphatic hydroxyl groups excluding tert-OH is 1. The van der Waals surface area contributed by atoms with E-state index in [2.05, 4.69) is 44.9 Å². The van der Waals surface area contributed by atoms with Crippen LogP contribution in [0.5, 0.6) is 0 Å². The molecule has 2 saturated heterocycles. The molecule has 10 nitrogen and oxygen atoms in total. The average molecular weight is 504 g/mol. The Labute approximate surface area is 211 Å². The Morgan fingerprint density at radius 3 is 2.31 bits per heavy atom. The molecule has 0 amide bonds. The number of carbonyl (C=O) groups excluding carboxylic acids is 1. The highest BCUT2D eigenvalue weighted by molar-refractivity contribution is 7.17. The number of piperidine rings is 1. The molecule has 0 aromatic carbocycles. The van der Waals surface area contributed by atoms with Crippen molar-refractivity contribution in [3.8, 4) is 0 Å². The van der Waals surface area contributed by atoms with Gasteiger partial charge in [-0.1, -0.05) is 11.3 Å². The first kappa shape index (κ1) is 25.6. The molecule has 2 aromatic heterocycles. The number of carbonyl (C=O) groups is 1. The van der Waals surface area contributed by atoms with Crippen molar-refractivity contribution in [2.45, 2.75) is 46.6 Å². The molecule has 2 aliphatic heterocycles. The monoisotopic (exact) mass is 503 g/mol. The van der Waals surface area contributed by atoms with Gasteiger partial charge in [0.15, 0.2) is 5.13 Å². The molecule has 0 saturated carbocycles. The first-order valence-electron chi connectivity index (χ1n) is 12.5. The number of piperazine rings is 1. The van der Waals surface area contributed by atoms with Gasteiger partial charge in [-0.25, -0.2) is 9.78 Å². The van der Waals surface area contributed by atoms with Gasteiger partial charge in [-0.3, -0.25) is 10.2 Å². The highest BCUT2D eigenvalue weighted by Crippen LogP contribution is 2.30. The number of nitrogens with zero attached hydrogens (tertiary/aromatic N) is 6. The minimum atomic E-state index is -0.360. The fraction of sp³-hybridized carbons (Fsp3) is 0.667. The van der Waals surface area contributed by atoms with Gasteiger partial charge in [0, 0.05) is 58.0 Å². The van der Waals surface area contributed by atoms with Crippen LogP contribution in [0.1, 0.15) is 49.0 Å². The summed E-state index contributed by atoms with van der Waals surface area (Å²) in [6.07, 6.45) is 1.89. The molecule has 2 N–H and O–H groups in total. The molecule has 11 heteroatoms. The van der Waals surface area contributed by atoms with Crippen LogP contribution in [0.3, 0.4) is 0 Å². The van der Waals surface area contributed by atoms with Gasteiger partial charge in [-0.2, -0.15) is 9.97 Å². The molecule has 4 rings (SSSR count). The van der Waals surface area contributed by atoms with Crippen LogP contribution in [0.2, 0.25) is 0 Å². The van der Waals surface area contributed by atoms with Crippen molar-refractivity contribution in [3.63, 3.8) is 0 Å². The van der Waals surface area contributed by atoms with Crippen molar-refractivity contribution in [1.29, 1.82) is 0 Å². The van der Waals surface area contributed by atoms with Crippen LogP contribution in [-0.2, 0) is 4.74 Å². The number of aromatic nitrogens is 3. The van der Waals surface area contributed by atoms with E-state index in [1.807, 2.05) is 0 Å². The van der Waals surface area contributed by atoms with E-state index < -0.39 is 0 Å². The summed E-state index contributed by atoms with van der Waals surface area (Å²) in [5.74, 6) is 2.23. The second-order valence-electron chi connectivity index (χ2n) is 9.42. The molecule has 0 bridgehead atoms. The zero-order chi connectivity index (χ0) is 24.9. The molecule has 192 valence electrons. The minimum absolute atomic E-state index is 0.238. The van der Waals surface area contributed by atoms with Crippen LogP contribution < -0.4 is 15.1 Å². The maximum absolute atomic E-state index is 12.2. The Morgan fingerprint density at radius 2 is 1.74 bits per heavy atom. The third kappa shape index (κ3) is 6.20. The van der Waals surface area contributed by atoms with Gasteiger partial charge in [-0.15, -0.1) is 0 Å². The van der Waals surface area contributed by atoms with E-state index >= 15 is 0 Å². The number of thiazole rings is 1. The van der Waals surface area contributed by atoms with Gasteiger partial charge in [0.1, 0.15) is 16.5 Å². The summed E-state index contributed by atoms with van der Waals surface area (Å²) in [4.78, 5) is 33.9. The van der Waals surface area contributed by atoms with Crippen LogP contribution in [0.4, 0.5) is 22.7 Å². The van der Waals surface area contributed by atoms with Crippen LogP contribution in [0.25, 0.3) is 0 Å². The lowest BCUT2D eigenvalue weighted by Crippen LogP contribution is -2.49. The maximum atomic E-state index is 12.2. The number of aliphatic hydroxyl groups is 1. The smallest absolute Gasteiger partial charge is 0.350 e.